The fourth-order valence-corrected chi connectivity index (χ4v) is 5.04. The van der Waals surface area contributed by atoms with E-state index in [1.807, 2.05) is 67.2 Å². The maximum absolute atomic E-state index is 14.3. The van der Waals surface area contributed by atoms with Gasteiger partial charge in [-0.3, -0.25) is 4.40 Å². The van der Waals surface area contributed by atoms with Crippen LogP contribution in [0.5, 0.6) is 5.75 Å². The number of likely N-dealkylation sites (N-methyl/N-ethyl adjacent to an activating group) is 1. The van der Waals surface area contributed by atoms with Crippen LogP contribution >= 0.6 is 0 Å². The highest BCUT2D eigenvalue weighted by Gasteiger charge is 2.35. The number of hydrogen-bond donors (Lipinski definition) is 1. The second-order valence-corrected chi connectivity index (χ2v) is 10.9. The minimum absolute atomic E-state index is 0.0121. The topological polar surface area (TPSA) is 67.6 Å². The van der Waals surface area contributed by atoms with Crippen molar-refractivity contribution in [2.75, 3.05) is 26.0 Å². The number of nitrogens with one attached hydrogen (secondary N) is 1. The molecule has 0 unspecified atom stereocenters. The van der Waals surface area contributed by atoms with Crippen LogP contribution in [0.25, 0.3) is 28.3 Å². The van der Waals surface area contributed by atoms with Gasteiger partial charge in [0.1, 0.15) is 18.0 Å². The molecule has 0 radical (unpaired) electrons. The zero-order chi connectivity index (χ0) is 31.4. The Morgan fingerprint density at radius 2 is 1.64 bits per heavy atom. The molecule has 228 valence electrons. The summed E-state index contributed by atoms with van der Waals surface area (Å²) in [5, 5.41) is 3.27. The van der Waals surface area contributed by atoms with Crippen molar-refractivity contribution in [3.05, 3.63) is 126 Å². The third-order valence-corrected chi connectivity index (χ3v) is 7.25. The summed E-state index contributed by atoms with van der Waals surface area (Å²) >= 11 is 0. The van der Waals surface area contributed by atoms with E-state index >= 15 is 0 Å². The van der Waals surface area contributed by atoms with Crippen LogP contribution in [0, 0.1) is 0 Å². The summed E-state index contributed by atoms with van der Waals surface area (Å²) < 4.78 is 50.5. The van der Waals surface area contributed by atoms with Crippen LogP contribution in [0.15, 0.2) is 109 Å². The van der Waals surface area contributed by atoms with E-state index in [0.29, 0.717) is 28.7 Å². The molecule has 6 rings (SSSR count). The number of aromatic nitrogens is 4. The first-order valence-corrected chi connectivity index (χ1v) is 14.4. The molecule has 1 N–H and O–H groups in total. The maximum atomic E-state index is 14.3. The van der Waals surface area contributed by atoms with Crippen LogP contribution in [0.2, 0.25) is 0 Å². The Balaban J connectivity index is 1.37. The molecule has 0 aliphatic carbocycles. The summed E-state index contributed by atoms with van der Waals surface area (Å²) in [7, 11) is 4.07. The molecule has 0 atom stereocenters. The smallest absolute Gasteiger partial charge is 0.419 e. The lowest BCUT2D eigenvalue weighted by molar-refractivity contribution is -0.139. The third-order valence-electron chi connectivity index (χ3n) is 7.25. The first-order valence-electron chi connectivity index (χ1n) is 14.4. The molecular formula is C35H31F3N6O. The summed E-state index contributed by atoms with van der Waals surface area (Å²) in [5.41, 5.74) is 4.16. The van der Waals surface area contributed by atoms with Crippen molar-refractivity contribution >= 4 is 17.3 Å². The number of ether oxygens (including phenoxy) is 1. The number of hydrogen-bond acceptors (Lipinski definition) is 6. The highest BCUT2D eigenvalue weighted by molar-refractivity contribution is 5.81. The second kappa shape index (κ2) is 12.8. The van der Waals surface area contributed by atoms with Gasteiger partial charge in [0, 0.05) is 30.2 Å². The van der Waals surface area contributed by atoms with Gasteiger partial charge in [0.15, 0.2) is 0 Å². The van der Waals surface area contributed by atoms with Gasteiger partial charge < -0.3 is 15.0 Å². The van der Waals surface area contributed by atoms with Crippen LogP contribution in [-0.4, -0.2) is 44.9 Å². The monoisotopic (exact) mass is 608 g/mol. The van der Waals surface area contributed by atoms with Crippen LogP contribution in [0.1, 0.15) is 16.7 Å². The lowest BCUT2D eigenvalue weighted by atomic mass is 10.0. The first kappa shape index (κ1) is 29.8. The van der Waals surface area contributed by atoms with E-state index in [2.05, 4.69) is 27.3 Å². The van der Waals surface area contributed by atoms with Crippen LogP contribution < -0.4 is 10.1 Å². The van der Waals surface area contributed by atoms with Crippen molar-refractivity contribution < 1.29 is 17.9 Å². The Kier molecular flexibility index (Phi) is 8.48. The van der Waals surface area contributed by atoms with Gasteiger partial charge in [-0.2, -0.15) is 13.2 Å². The number of halogens is 3. The van der Waals surface area contributed by atoms with Crippen molar-refractivity contribution in [2.24, 2.45) is 0 Å². The molecule has 3 heterocycles. The van der Waals surface area contributed by atoms with Crippen molar-refractivity contribution in [3.63, 3.8) is 0 Å². The number of imidazole rings is 1. The van der Waals surface area contributed by atoms with Gasteiger partial charge in [-0.05, 0) is 80.2 Å². The number of fused-ring (bicyclic) bond motifs is 1. The number of alkyl halides is 3. The summed E-state index contributed by atoms with van der Waals surface area (Å²) in [6, 6.07) is 28.3. The van der Waals surface area contributed by atoms with Gasteiger partial charge in [0.05, 0.1) is 22.6 Å². The zero-order valence-electron chi connectivity index (χ0n) is 24.8. The Hall–Kier alpha value is -5.22. The highest BCUT2D eigenvalue weighted by Crippen LogP contribution is 2.41. The molecule has 0 aliphatic rings. The van der Waals surface area contributed by atoms with Crippen molar-refractivity contribution in [1.82, 2.24) is 24.3 Å². The SMILES string of the molecule is CN(C)CCc1cccc(Nc2nccc(-c3c(-c4ccc(OCc5ccccc5)c(C(F)(F)F)c4)nc4ccccn34)n2)c1. The number of nitrogens with zero attached hydrogens (tertiary/aromatic N) is 5. The second-order valence-electron chi connectivity index (χ2n) is 10.9. The summed E-state index contributed by atoms with van der Waals surface area (Å²) in [5.74, 6) is 0.108. The van der Waals surface area contributed by atoms with Crippen LogP contribution in [0.3, 0.4) is 0 Å². The minimum atomic E-state index is -4.64. The first-order chi connectivity index (χ1) is 21.7. The minimum Gasteiger partial charge on any atom is -0.488 e. The average molecular weight is 609 g/mol. The van der Waals surface area contributed by atoms with Gasteiger partial charge in [-0.15, -0.1) is 0 Å². The molecule has 7 nitrogen and oxygen atoms in total. The number of pyridine rings is 1. The molecular weight excluding hydrogens is 577 g/mol. The van der Waals surface area contributed by atoms with Crippen molar-refractivity contribution in [2.45, 2.75) is 19.2 Å². The third kappa shape index (κ3) is 6.97. The Morgan fingerprint density at radius 3 is 2.44 bits per heavy atom. The van der Waals surface area contributed by atoms with Crippen molar-refractivity contribution in [3.8, 4) is 28.4 Å². The number of benzene rings is 3. The lowest BCUT2D eigenvalue weighted by Gasteiger charge is -2.16. The zero-order valence-corrected chi connectivity index (χ0v) is 24.8. The van der Waals surface area contributed by atoms with E-state index in [0.717, 1.165) is 30.3 Å². The Morgan fingerprint density at radius 1 is 0.844 bits per heavy atom. The molecule has 6 aromatic rings. The van der Waals surface area contributed by atoms with E-state index < -0.39 is 11.7 Å². The van der Waals surface area contributed by atoms with E-state index in [-0.39, 0.29) is 17.9 Å². The van der Waals surface area contributed by atoms with E-state index in [9.17, 15) is 13.2 Å². The fourth-order valence-electron chi connectivity index (χ4n) is 5.04. The average Bonchev–Trinajstić information content (AvgIpc) is 3.43. The van der Waals surface area contributed by atoms with Crippen LogP contribution in [0.4, 0.5) is 24.8 Å². The van der Waals surface area contributed by atoms with E-state index in [1.165, 1.54) is 11.6 Å². The largest absolute Gasteiger partial charge is 0.488 e. The molecule has 3 aromatic heterocycles. The molecule has 0 saturated carbocycles. The summed E-state index contributed by atoms with van der Waals surface area (Å²) in [6.45, 7) is 0.931. The molecule has 0 bridgehead atoms. The Labute approximate surface area is 259 Å². The molecule has 0 saturated heterocycles. The van der Waals surface area contributed by atoms with Crippen LogP contribution in [-0.2, 0) is 19.2 Å². The summed E-state index contributed by atoms with van der Waals surface area (Å²) in [6.07, 6.45) is -0.319. The quantitative estimate of drug-likeness (QED) is 0.171. The predicted molar refractivity (Wildman–Crippen MR) is 169 cm³/mol. The highest BCUT2D eigenvalue weighted by atomic mass is 19.4. The Bertz CT molecular complexity index is 1920. The van der Waals surface area contributed by atoms with Gasteiger partial charge in [-0.1, -0.05) is 48.5 Å². The molecule has 45 heavy (non-hydrogen) atoms. The number of rotatable bonds is 10. The predicted octanol–water partition coefficient (Wildman–Crippen LogP) is 7.90. The number of anilines is 2. The molecule has 3 aromatic carbocycles. The molecule has 0 fully saturated rings. The van der Waals surface area contributed by atoms with E-state index in [1.54, 1.807) is 36.5 Å². The molecule has 0 amide bonds. The standard InChI is InChI=1S/C35H31F3N6O/c1-43(2)20-17-24-11-8-12-27(21-24)40-34-39-18-16-29(41-34)33-32(42-31-13-6-7-19-44(31)33)26-14-15-30(28(22-26)35(36,37)38)45-23-25-9-4-3-5-10-25/h3-16,18-19,21-22H,17,20,23H2,1-2H3,(H,39,40,41). The fraction of sp³-hybridized carbons (Fsp3) is 0.171. The normalized spacial score (nSPS) is 11.7. The molecule has 0 aliphatic heterocycles. The van der Waals surface area contributed by atoms with Crippen molar-refractivity contribution in [1.29, 1.82) is 0 Å². The summed E-state index contributed by atoms with van der Waals surface area (Å²) in [4.78, 5) is 16.0. The van der Waals surface area contributed by atoms with Gasteiger partial charge >= 0.3 is 6.18 Å². The maximum Gasteiger partial charge on any atom is 0.419 e. The van der Waals surface area contributed by atoms with Gasteiger partial charge in [0.2, 0.25) is 5.95 Å². The molecule has 0 spiro atoms. The van der Waals surface area contributed by atoms with Gasteiger partial charge in [-0.25, -0.2) is 15.0 Å². The van der Waals surface area contributed by atoms with Gasteiger partial charge in [0.25, 0.3) is 0 Å². The van der Waals surface area contributed by atoms with E-state index in [4.69, 9.17) is 14.7 Å². The molecule has 10 heteroatoms. The lowest BCUT2D eigenvalue weighted by Crippen LogP contribution is -2.15.